The highest BCUT2D eigenvalue weighted by atomic mass is 16.5. The van der Waals surface area contributed by atoms with Gasteiger partial charge in [-0.1, -0.05) is 29.9 Å². The van der Waals surface area contributed by atoms with E-state index < -0.39 is 0 Å². The summed E-state index contributed by atoms with van der Waals surface area (Å²) >= 11 is 0. The third-order valence-corrected chi connectivity index (χ3v) is 2.88. The lowest BCUT2D eigenvalue weighted by molar-refractivity contribution is 0.254. The summed E-state index contributed by atoms with van der Waals surface area (Å²) in [5, 5.41) is 3.95. The van der Waals surface area contributed by atoms with Gasteiger partial charge in [0, 0.05) is 0 Å². The Kier molecular flexibility index (Phi) is 2.40. The minimum Gasteiger partial charge on any atom is -0.493 e. The second kappa shape index (κ2) is 4.05. The predicted octanol–water partition coefficient (Wildman–Crippen LogP) is 2.43. The van der Waals surface area contributed by atoms with E-state index in [0.29, 0.717) is 18.3 Å². The largest absolute Gasteiger partial charge is 0.493 e. The van der Waals surface area contributed by atoms with Gasteiger partial charge >= 0.3 is 0 Å². The normalized spacial score (nSPS) is 18.2. The van der Waals surface area contributed by atoms with Crippen molar-refractivity contribution >= 4 is 6.08 Å². The van der Waals surface area contributed by atoms with Crippen LogP contribution in [0.15, 0.2) is 35.4 Å². The van der Waals surface area contributed by atoms with Crippen molar-refractivity contribution in [2.75, 3.05) is 6.61 Å². The van der Waals surface area contributed by atoms with Crippen molar-refractivity contribution < 1.29 is 9.26 Å². The van der Waals surface area contributed by atoms with Crippen LogP contribution in [0.4, 0.5) is 0 Å². The lowest BCUT2D eigenvalue weighted by Gasteiger charge is -2.22. The van der Waals surface area contributed by atoms with Crippen LogP contribution < -0.4 is 4.74 Å². The van der Waals surface area contributed by atoms with Gasteiger partial charge < -0.3 is 9.26 Å². The van der Waals surface area contributed by atoms with Crippen molar-refractivity contribution in [3.63, 3.8) is 0 Å². The quantitative estimate of drug-likeness (QED) is 0.792. The van der Waals surface area contributed by atoms with E-state index in [1.165, 1.54) is 5.56 Å². The van der Waals surface area contributed by atoms with E-state index in [-0.39, 0.29) is 5.92 Å². The molecule has 3 rings (SSSR count). The van der Waals surface area contributed by atoms with Crippen molar-refractivity contribution in [3.8, 4) is 5.75 Å². The molecule has 17 heavy (non-hydrogen) atoms. The highest BCUT2D eigenvalue weighted by molar-refractivity contribution is 5.37. The first-order chi connectivity index (χ1) is 8.36. The summed E-state index contributed by atoms with van der Waals surface area (Å²) in [4.78, 5) is 4.25. The van der Waals surface area contributed by atoms with E-state index in [4.69, 9.17) is 9.26 Å². The Morgan fingerprint density at radius 3 is 3.06 bits per heavy atom. The van der Waals surface area contributed by atoms with Gasteiger partial charge in [0.15, 0.2) is 5.82 Å². The monoisotopic (exact) mass is 228 g/mol. The molecule has 0 spiro atoms. The van der Waals surface area contributed by atoms with Crippen molar-refractivity contribution in [1.29, 1.82) is 0 Å². The summed E-state index contributed by atoms with van der Waals surface area (Å²) < 4.78 is 10.7. The fraction of sp³-hybridized carbons (Fsp3) is 0.231. The van der Waals surface area contributed by atoms with E-state index >= 15 is 0 Å². The highest BCUT2D eigenvalue weighted by Crippen LogP contribution is 2.30. The zero-order valence-corrected chi connectivity index (χ0v) is 9.30. The maximum atomic E-state index is 5.69. The molecule has 0 saturated heterocycles. The second-order valence-electron chi connectivity index (χ2n) is 4.01. The lowest BCUT2D eigenvalue weighted by atomic mass is 9.96. The van der Waals surface area contributed by atoms with Gasteiger partial charge in [0.05, 0.1) is 12.5 Å². The van der Waals surface area contributed by atoms with Gasteiger partial charge in [-0.15, -0.1) is 0 Å². The van der Waals surface area contributed by atoms with Gasteiger partial charge in [-0.2, -0.15) is 4.98 Å². The fourth-order valence-corrected chi connectivity index (χ4v) is 1.99. The Morgan fingerprint density at radius 2 is 2.24 bits per heavy atom. The smallest absolute Gasteiger partial charge is 0.250 e. The molecule has 4 nitrogen and oxygen atoms in total. The van der Waals surface area contributed by atoms with Crippen LogP contribution in [-0.2, 0) is 6.42 Å². The van der Waals surface area contributed by atoms with E-state index in [0.717, 1.165) is 12.2 Å². The number of ether oxygens (including phenoxy) is 1. The van der Waals surface area contributed by atoms with Crippen LogP contribution in [0.25, 0.3) is 6.08 Å². The molecule has 1 aliphatic rings. The zero-order valence-electron chi connectivity index (χ0n) is 9.30. The molecule has 1 aromatic carbocycles. The molecule has 0 bridgehead atoms. The SMILES string of the molecule is C=Cc1nc(C2COc3ccccc3C2)no1. The molecule has 1 aromatic heterocycles. The number of aromatic nitrogens is 2. The number of hydrogen-bond donors (Lipinski definition) is 0. The van der Waals surface area contributed by atoms with Gasteiger partial charge in [-0.05, 0) is 24.1 Å². The van der Waals surface area contributed by atoms with Crippen molar-refractivity contribution in [2.24, 2.45) is 0 Å². The predicted molar refractivity (Wildman–Crippen MR) is 62.8 cm³/mol. The van der Waals surface area contributed by atoms with Gasteiger partial charge in [0.1, 0.15) is 5.75 Å². The molecule has 0 aliphatic carbocycles. The number of benzene rings is 1. The van der Waals surface area contributed by atoms with Gasteiger partial charge in [-0.3, -0.25) is 0 Å². The van der Waals surface area contributed by atoms with Crippen molar-refractivity contribution in [3.05, 3.63) is 48.1 Å². The molecule has 0 fully saturated rings. The van der Waals surface area contributed by atoms with Crippen LogP contribution in [0.5, 0.6) is 5.75 Å². The molecule has 0 amide bonds. The summed E-state index contributed by atoms with van der Waals surface area (Å²) in [6.07, 6.45) is 2.43. The molecule has 0 N–H and O–H groups in total. The van der Waals surface area contributed by atoms with Crippen LogP contribution in [0.3, 0.4) is 0 Å². The Morgan fingerprint density at radius 1 is 1.35 bits per heavy atom. The molecule has 2 aromatic rings. The molecule has 1 unspecified atom stereocenters. The van der Waals surface area contributed by atoms with E-state index in [1.54, 1.807) is 6.08 Å². The molecular formula is C13H12N2O2. The van der Waals surface area contributed by atoms with E-state index in [2.05, 4.69) is 22.8 Å². The Balaban J connectivity index is 1.86. The second-order valence-corrected chi connectivity index (χ2v) is 4.01. The third-order valence-electron chi connectivity index (χ3n) is 2.88. The van der Waals surface area contributed by atoms with E-state index in [1.807, 2.05) is 18.2 Å². The molecule has 0 radical (unpaired) electrons. The van der Waals surface area contributed by atoms with Crippen molar-refractivity contribution in [1.82, 2.24) is 10.1 Å². The fourth-order valence-electron chi connectivity index (χ4n) is 1.99. The first kappa shape index (κ1) is 10.1. The average molecular weight is 228 g/mol. The maximum absolute atomic E-state index is 5.69. The summed E-state index contributed by atoms with van der Waals surface area (Å²) in [5.74, 6) is 2.26. The Hall–Kier alpha value is -2.10. The maximum Gasteiger partial charge on any atom is 0.250 e. The third kappa shape index (κ3) is 1.82. The summed E-state index contributed by atoms with van der Waals surface area (Å²) in [7, 11) is 0. The van der Waals surface area contributed by atoms with Crippen LogP contribution in [0.2, 0.25) is 0 Å². The Bertz CT molecular complexity index is 548. The molecular weight excluding hydrogens is 216 g/mol. The van der Waals surface area contributed by atoms with E-state index in [9.17, 15) is 0 Å². The molecule has 0 saturated carbocycles. The summed E-state index contributed by atoms with van der Waals surface area (Å²) in [6, 6.07) is 8.03. The summed E-state index contributed by atoms with van der Waals surface area (Å²) in [6.45, 7) is 4.19. The average Bonchev–Trinajstić information content (AvgIpc) is 2.87. The van der Waals surface area contributed by atoms with Crippen LogP contribution in [0, 0.1) is 0 Å². The Labute approximate surface area is 98.9 Å². The number of rotatable bonds is 2. The highest BCUT2D eigenvalue weighted by Gasteiger charge is 2.24. The van der Waals surface area contributed by atoms with Gasteiger partial charge in [-0.25, -0.2) is 0 Å². The van der Waals surface area contributed by atoms with Crippen LogP contribution in [-0.4, -0.2) is 16.7 Å². The van der Waals surface area contributed by atoms with Gasteiger partial charge in [0.2, 0.25) is 5.89 Å². The van der Waals surface area contributed by atoms with Crippen LogP contribution in [0.1, 0.15) is 23.2 Å². The number of fused-ring (bicyclic) bond motifs is 1. The standard InChI is InChI=1S/C13H12N2O2/c1-2-12-14-13(15-17-12)10-7-9-5-3-4-6-11(9)16-8-10/h2-6,10H,1,7-8H2. The minimum absolute atomic E-state index is 0.155. The topological polar surface area (TPSA) is 48.2 Å². The minimum atomic E-state index is 0.155. The molecule has 86 valence electrons. The van der Waals surface area contributed by atoms with Crippen molar-refractivity contribution in [2.45, 2.75) is 12.3 Å². The number of hydrogen-bond acceptors (Lipinski definition) is 4. The summed E-state index contributed by atoms with van der Waals surface area (Å²) in [5.41, 5.74) is 1.19. The molecule has 1 atom stereocenters. The first-order valence-corrected chi connectivity index (χ1v) is 5.53. The lowest BCUT2D eigenvalue weighted by Crippen LogP contribution is -2.20. The molecule has 1 aliphatic heterocycles. The first-order valence-electron chi connectivity index (χ1n) is 5.53. The number of para-hydroxylation sites is 1. The van der Waals surface area contributed by atoms with Gasteiger partial charge in [0.25, 0.3) is 0 Å². The molecule has 2 heterocycles. The number of nitrogens with zero attached hydrogens (tertiary/aromatic N) is 2. The zero-order chi connectivity index (χ0) is 11.7. The molecule has 4 heteroatoms. The van der Waals surface area contributed by atoms with Crippen LogP contribution >= 0.6 is 0 Å².